The van der Waals surface area contributed by atoms with Gasteiger partial charge in [-0.1, -0.05) is 42.0 Å². The third-order valence-electron chi connectivity index (χ3n) is 4.97. The number of aromatic amines is 1. The molecule has 0 unspecified atom stereocenters. The molecule has 0 fully saturated rings. The van der Waals surface area contributed by atoms with E-state index in [0.717, 1.165) is 22.4 Å². The van der Waals surface area contributed by atoms with E-state index in [1.807, 2.05) is 12.1 Å². The molecule has 0 aliphatic carbocycles. The van der Waals surface area contributed by atoms with Gasteiger partial charge in [-0.15, -0.1) is 0 Å². The first kappa shape index (κ1) is 15.0. The van der Waals surface area contributed by atoms with Crippen LogP contribution in [0.3, 0.4) is 0 Å². The van der Waals surface area contributed by atoms with Crippen LogP contribution >= 0.6 is 0 Å². The van der Waals surface area contributed by atoms with E-state index in [4.69, 9.17) is 9.72 Å². The van der Waals surface area contributed by atoms with Crippen molar-refractivity contribution in [1.82, 2.24) is 9.97 Å². The van der Waals surface area contributed by atoms with Gasteiger partial charge in [0.05, 0.1) is 12.6 Å². The van der Waals surface area contributed by atoms with E-state index in [-0.39, 0.29) is 0 Å². The van der Waals surface area contributed by atoms with Crippen molar-refractivity contribution < 1.29 is 4.74 Å². The monoisotopic (exact) mass is 338 g/mol. The van der Waals surface area contributed by atoms with Gasteiger partial charge in [-0.25, -0.2) is 4.98 Å². The van der Waals surface area contributed by atoms with Crippen LogP contribution in [-0.4, -0.2) is 17.1 Å². The summed E-state index contributed by atoms with van der Waals surface area (Å²) in [6.07, 6.45) is 0. The minimum atomic E-state index is 0.860. The number of rotatable bonds is 2. The van der Waals surface area contributed by atoms with Crippen molar-refractivity contribution in [3.8, 4) is 16.9 Å². The van der Waals surface area contributed by atoms with Crippen LogP contribution in [0.2, 0.25) is 0 Å². The number of fused-ring (bicyclic) bond motifs is 4. The first-order valence-corrected chi connectivity index (χ1v) is 8.70. The number of hydrogen-bond donors (Lipinski definition) is 1. The number of para-hydroxylation sites is 1. The maximum absolute atomic E-state index is 5.34. The van der Waals surface area contributed by atoms with Gasteiger partial charge >= 0.3 is 0 Å². The topological polar surface area (TPSA) is 37.9 Å². The van der Waals surface area contributed by atoms with Crippen LogP contribution in [0, 0.1) is 6.92 Å². The second-order valence-electron chi connectivity index (χ2n) is 6.63. The molecule has 3 nitrogen and oxygen atoms in total. The Labute approximate surface area is 151 Å². The number of H-pyrrole nitrogens is 1. The first-order valence-electron chi connectivity index (χ1n) is 8.70. The summed E-state index contributed by atoms with van der Waals surface area (Å²) in [5.74, 6) is 0.860. The Morgan fingerprint density at radius 2 is 1.69 bits per heavy atom. The minimum Gasteiger partial charge on any atom is -0.497 e. The lowest BCUT2D eigenvalue weighted by Crippen LogP contribution is -1.89. The van der Waals surface area contributed by atoms with Gasteiger partial charge in [0.25, 0.3) is 0 Å². The lowest BCUT2D eigenvalue weighted by atomic mass is 9.95. The molecule has 0 bridgehead atoms. The van der Waals surface area contributed by atoms with Gasteiger partial charge < -0.3 is 9.72 Å². The standard InChI is InChI=1S/C23H18N2O/c1-14-7-12-20-18(13-14)21(15-8-10-16(26-2)11-9-15)22-17-5-3-4-6-19(17)24-23(22)25-20/h3-13H,1-2H3,(H,24,25). The molecule has 0 amide bonds. The Morgan fingerprint density at radius 3 is 2.50 bits per heavy atom. The van der Waals surface area contributed by atoms with Gasteiger partial charge in [0, 0.05) is 27.2 Å². The molecule has 5 rings (SSSR count). The number of aryl methyl sites for hydroxylation is 1. The van der Waals surface area contributed by atoms with Gasteiger partial charge in [-0.05, 0) is 42.8 Å². The van der Waals surface area contributed by atoms with Crippen molar-refractivity contribution in [2.24, 2.45) is 0 Å². The summed E-state index contributed by atoms with van der Waals surface area (Å²) in [6.45, 7) is 2.12. The predicted octanol–water partition coefficient (Wildman–Crippen LogP) is 5.85. The molecule has 2 heterocycles. The number of hydrogen-bond acceptors (Lipinski definition) is 2. The number of ether oxygens (including phenoxy) is 1. The van der Waals surface area contributed by atoms with Gasteiger partial charge in [-0.2, -0.15) is 0 Å². The molecule has 0 aliphatic rings. The fourth-order valence-corrected chi connectivity index (χ4v) is 3.72. The number of benzene rings is 3. The van der Waals surface area contributed by atoms with Crippen molar-refractivity contribution in [3.05, 3.63) is 72.3 Å². The predicted molar refractivity (Wildman–Crippen MR) is 108 cm³/mol. The fourth-order valence-electron chi connectivity index (χ4n) is 3.72. The van der Waals surface area contributed by atoms with Crippen molar-refractivity contribution in [2.45, 2.75) is 6.92 Å². The number of methoxy groups -OCH3 is 1. The van der Waals surface area contributed by atoms with Gasteiger partial charge in [0.15, 0.2) is 0 Å². The molecule has 0 radical (unpaired) electrons. The van der Waals surface area contributed by atoms with Gasteiger partial charge in [0.2, 0.25) is 0 Å². The van der Waals surface area contributed by atoms with Crippen LogP contribution in [0.4, 0.5) is 0 Å². The third-order valence-corrected chi connectivity index (χ3v) is 4.97. The fraction of sp³-hybridized carbons (Fsp3) is 0.0870. The summed E-state index contributed by atoms with van der Waals surface area (Å²) < 4.78 is 5.34. The lowest BCUT2D eigenvalue weighted by molar-refractivity contribution is 0.415. The molecule has 0 aliphatic heterocycles. The second kappa shape index (κ2) is 5.60. The van der Waals surface area contributed by atoms with Crippen LogP contribution in [0.5, 0.6) is 5.75 Å². The molecule has 0 saturated heterocycles. The average molecular weight is 338 g/mol. The normalized spacial score (nSPS) is 11.5. The first-order chi connectivity index (χ1) is 12.7. The largest absolute Gasteiger partial charge is 0.497 e. The van der Waals surface area contributed by atoms with Crippen LogP contribution in [-0.2, 0) is 0 Å². The van der Waals surface area contributed by atoms with Crippen molar-refractivity contribution in [3.63, 3.8) is 0 Å². The maximum Gasteiger partial charge on any atom is 0.139 e. The Bertz CT molecular complexity index is 1270. The number of aromatic nitrogens is 2. The third kappa shape index (κ3) is 2.17. The Morgan fingerprint density at radius 1 is 0.885 bits per heavy atom. The Hall–Kier alpha value is -3.33. The van der Waals surface area contributed by atoms with E-state index in [1.165, 1.54) is 32.8 Å². The van der Waals surface area contributed by atoms with Crippen LogP contribution in [0.15, 0.2) is 66.7 Å². The molecular formula is C23H18N2O. The summed E-state index contributed by atoms with van der Waals surface area (Å²) in [5.41, 5.74) is 6.64. The molecule has 126 valence electrons. The highest BCUT2D eigenvalue weighted by Gasteiger charge is 2.16. The molecular weight excluding hydrogens is 320 g/mol. The molecule has 3 aromatic carbocycles. The number of pyridine rings is 1. The highest BCUT2D eigenvalue weighted by atomic mass is 16.5. The summed E-state index contributed by atoms with van der Waals surface area (Å²) >= 11 is 0. The minimum absolute atomic E-state index is 0.860. The van der Waals surface area contributed by atoms with Gasteiger partial charge in [0.1, 0.15) is 11.4 Å². The smallest absolute Gasteiger partial charge is 0.139 e. The number of nitrogens with zero attached hydrogens (tertiary/aromatic N) is 1. The van der Waals surface area contributed by atoms with Crippen LogP contribution in [0.1, 0.15) is 5.56 Å². The van der Waals surface area contributed by atoms with E-state index in [0.29, 0.717) is 0 Å². The molecule has 0 spiro atoms. The summed E-state index contributed by atoms with van der Waals surface area (Å²) in [7, 11) is 1.69. The van der Waals surface area contributed by atoms with E-state index >= 15 is 0 Å². The maximum atomic E-state index is 5.34. The van der Waals surface area contributed by atoms with Crippen molar-refractivity contribution in [1.29, 1.82) is 0 Å². The Kier molecular flexibility index (Phi) is 3.22. The van der Waals surface area contributed by atoms with Crippen LogP contribution in [0.25, 0.3) is 44.0 Å². The van der Waals surface area contributed by atoms with Crippen LogP contribution < -0.4 is 4.74 Å². The summed E-state index contributed by atoms with van der Waals surface area (Å²) in [5, 5.41) is 3.54. The van der Waals surface area contributed by atoms with Crippen molar-refractivity contribution in [2.75, 3.05) is 7.11 Å². The van der Waals surface area contributed by atoms with E-state index < -0.39 is 0 Å². The number of nitrogens with one attached hydrogen (secondary N) is 1. The quantitative estimate of drug-likeness (QED) is 0.438. The van der Waals surface area contributed by atoms with E-state index in [9.17, 15) is 0 Å². The lowest BCUT2D eigenvalue weighted by Gasteiger charge is -2.11. The zero-order chi connectivity index (χ0) is 17.7. The second-order valence-corrected chi connectivity index (χ2v) is 6.63. The zero-order valence-electron chi connectivity index (χ0n) is 14.7. The highest BCUT2D eigenvalue weighted by Crippen LogP contribution is 2.39. The molecule has 26 heavy (non-hydrogen) atoms. The summed E-state index contributed by atoms with van der Waals surface area (Å²) in [6, 6.07) is 23.1. The Balaban J connectivity index is 1.99. The molecule has 0 saturated carbocycles. The molecule has 0 atom stereocenters. The molecule has 2 aromatic heterocycles. The van der Waals surface area contributed by atoms with Gasteiger partial charge in [-0.3, -0.25) is 0 Å². The molecule has 5 aromatic rings. The SMILES string of the molecule is COc1ccc(-c2c3cc(C)ccc3nc3[nH]c4ccccc4c23)cc1. The van der Waals surface area contributed by atoms with Crippen molar-refractivity contribution >= 4 is 32.8 Å². The van der Waals surface area contributed by atoms with E-state index in [1.54, 1.807) is 7.11 Å². The zero-order valence-corrected chi connectivity index (χ0v) is 14.7. The molecule has 1 N–H and O–H groups in total. The highest BCUT2D eigenvalue weighted by molar-refractivity contribution is 6.19. The summed E-state index contributed by atoms with van der Waals surface area (Å²) in [4.78, 5) is 8.38. The molecule has 3 heteroatoms. The average Bonchev–Trinajstić information content (AvgIpc) is 3.04. The van der Waals surface area contributed by atoms with E-state index in [2.05, 4.69) is 66.5 Å².